The molecule has 1 saturated heterocycles. The average Bonchev–Trinajstić information content (AvgIpc) is 3.53. The van der Waals surface area contributed by atoms with E-state index in [1.54, 1.807) is 11.8 Å². The highest BCUT2D eigenvalue weighted by molar-refractivity contribution is 5.86. The zero-order valence-corrected chi connectivity index (χ0v) is 17.5. The Morgan fingerprint density at radius 1 is 1.35 bits per heavy atom. The molecule has 2 aromatic heterocycles. The fourth-order valence-electron chi connectivity index (χ4n) is 4.13. The molecule has 0 saturated carbocycles. The normalized spacial score (nSPS) is 20.7. The predicted molar refractivity (Wildman–Crippen MR) is 117 cm³/mol. The van der Waals surface area contributed by atoms with Gasteiger partial charge in [-0.1, -0.05) is 0 Å². The number of aryl methyl sites for hydroxylation is 1. The molecular weight excluding hydrogens is 392 g/mol. The minimum Gasteiger partial charge on any atom is -0.496 e. The second-order valence-electron chi connectivity index (χ2n) is 7.78. The Labute approximate surface area is 180 Å². The largest absolute Gasteiger partial charge is 0.496 e. The molecule has 3 N–H and O–H groups in total. The molecule has 0 amide bonds. The lowest BCUT2D eigenvalue weighted by Gasteiger charge is -2.27. The molecule has 0 bridgehead atoms. The minimum atomic E-state index is -0.172. The third-order valence-corrected chi connectivity index (χ3v) is 5.75. The Balaban J connectivity index is 1.51. The van der Waals surface area contributed by atoms with Crippen LogP contribution in [0.4, 0.5) is 0 Å². The number of hydrogen-bond acceptors (Lipinski definition) is 7. The van der Waals surface area contributed by atoms with E-state index >= 15 is 0 Å². The van der Waals surface area contributed by atoms with Crippen molar-refractivity contribution in [2.45, 2.75) is 18.6 Å². The van der Waals surface area contributed by atoms with Crippen molar-refractivity contribution in [3.05, 3.63) is 54.4 Å². The molecule has 9 heteroatoms. The predicted octanol–water partition coefficient (Wildman–Crippen LogP) is 1.79. The number of nitrogens with zero attached hydrogens (tertiary/aromatic N) is 5. The summed E-state index contributed by atoms with van der Waals surface area (Å²) in [7, 11) is 3.55. The molecule has 5 rings (SSSR count). The number of aromatic nitrogens is 4. The SMILES string of the molecule is COc1cc2ncn(C3C=CC(C#N)=C(NC4CCNC4)N3)c2cc1-c1cnn(C)c1. The molecule has 2 aliphatic heterocycles. The van der Waals surface area contributed by atoms with Crippen molar-refractivity contribution < 1.29 is 4.74 Å². The topological polar surface area (TPSA) is 105 Å². The second kappa shape index (κ2) is 7.81. The molecule has 2 aliphatic rings. The van der Waals surface area contributed by atoms with E-state index in [0.29, 0.717) is 11.6 Å². The van der Waals surface area contributed by atoms with Gasteiger partial charge in [0.05, 0.1) is 36.2 Å². The van der Waals surface area contributed by atoms with Crippen molar-refractivity contribution in [2.75, 3.05) is 20.2 Å². The first-order valence-corrected chi connectivity index (χ1v) is 10.3. The first-order valence-electron chi connectivity index (χ1n) is 10.3. The van der Waals surface area contributed by atoms with Crippen LogP contribution in [0.5, 0.6) is 5.75 Å². The standard InChI is InChI=1S/C22H24N8O/c1-29-12-15(10-26-29)17-7-19-18(8-20(17)31-2)25-13-30(19)21-4-3-14(9-23)22(28-21)27-16-5-6-24-11-16/h3-4,7-8,10,12-13,16,21,24,27-28H,5-6,11H2,1-2H3. The molecule has 2 atom stereocenters. The third kappa shape index (κ3) is 3.51. The highest BCUT2D eigenvalue weighted by Gasteiger charge is 2.23. The van der Waals surface area contributed by atoms with Crippen molar-refractivity contribution in [2.24, 2.45) is 7.05 Å². The summed E-state index contributed by atoms with van der Waals surface area (Å²) >= 11 is 0. The molecule has 4 heterocycles. The molecule has 2 unspecified atom stereocenters. The molecule has 1 fully saturated rings. The Hall–Kier alpha value is -3.77. The maximum absolute atomic E-state index is 9.55. The van der Waals surface area contributed by atoms with Crippen molar-refractivity contribution in [1.82, 2.24) is 35.3 Å². The maximum atomic E-state index is 9.55. The van der Waals surface area contributed by atoms with Gasteiger partial charge in [-0.2, -0.15) is 10.4 Å². The van der Waals surface area contributed by atoms with E-state index in [4.69, 9.17) is 4.74 Å². The highest BCUT2D eigenvalue weighted by atomic mass is 16.5. The van der Waals surface area contributed by atoms with Gasteiger partial charge < -0.3 is 25.3 Å². The smallest absolute Gasteiger partial charge is 0.129 e. The van der Waals surface area contributed by atoms with E-state index in [2.05, 4.69) is 42.7 Å². The first-order chi connectivity index (χ1) is 15.2. The number of imidazole rings is 1. The van der Waals surface area contributed by atoms with Crippen LogP contribution in [0.1, 0.15) is 12.6 Å². The van der Waals surface area contributed by atoms with Crippen LogP contribution < -0.4 is 20.7 Å². The van der Waals surface area contributed by atoms with Gasteiger partial charge in [-0.25, -0.2) is 4.98 Å². The summed E-state index contributed by atoms with van der Waals surface area (Å²) in [6, 6.07) is 6.60. The van der Waals surface area contributed by atoms with Gasteiger partial charge >= 0.3 is 0 Å². The van der Waals surface area contributed by atoms with Crippen molar-refractivity contribution in [3.63, 3.8) is 0 Å². The number of ether oxygens (including phenoxy) is 1. The van der Waals surface area contributed by atoms with E-state index in [0.717, 1.165) is 53.2 Å². The number of dihydropyridines is 1. The van der Waals surface area contributed by atoms with Crippen LogP contribution in [0.3, 0.4) is 0 Å². The Morgan fingerprint density at radius 2 is 2.26 bits per heavy atom. The van der Waals surface area contributed by atoms with E-state index in [1.807, 2.05) is 44.0 Å². The van der Waals surface area contributed by atoms with Gasteiger partial charge in [-0.05, 0) is 31.2 Å². The van der Waals surface area contributed by atoms with Gasteiger partial charge in [-0.15, -0.1) is 0 Å². The van der Waals surface area contributed by atoms with Gasteiger partial charge in [0.25, 0.3) is 0 Å². The van der Waals surface area contributed by atoms with Crippen LogP contribution in [-0.4, -0.2) is 45.6 Å². The van der Waals surface area contributed by atoms with E-state index in [-0.39, 0.29) is 6.17 Å². The van der Waals surface area contributed by atoms with Crippen LogP contribution in [0.25, 0.3) is 22.2 Å². The monoisotopic (exact) mass is 416 g/mol. The number of allylic oxidation sites excluding steroid dienone is 2. The Morgan fingerprint density at radius 3 is 2.97 bits per heavy atom. The molecular formula is C22H24N8O. The van der Waals surface area contributed by atoms with Crippen LogP contribution in [0.2, 0.25) is 0 Å². The summed E-state index contributed by atoms with van der Waals surface area (Å²) in [5.41, 5.74) is 4.33. The Bertz CT molecular complexity index is 1220. The molecule has 1 aromatic carbocycles. The van der Waals surface area contributed by atoms with E-state index < -0.39 is 0 Å². The first kappa shape index (κ1) is 19.2. The van der Waals surface area contributed by atoms with Crippen LogP contribution in [0, 0.1) is 11.3 Å². The fraction of sp³-hybridized carbons (Fsp3) is 0.318. The third-order valence-electron chi connectivity index (χ3n) is 5.75. The number of nitrogens with one attached hydrogen (secondary N) is 3. The number of fused-ring (bicyclic) bond motifs is 1. The van der Waals surface area contributed by atoms with Gasteiger partial charge in [0.15, 0.2) is 0 Å². The van der Waals surface area contributed by atoms with Gasteiger partial charge in [0.1, 0.15) is 23.8 Å². The summed E-state index contributed by atoms with van der Waals surface area (Å²) in [6.07, 6.45) is 10.3. The van der Waals surface area contributed by atoms with Crippen LogP contribution >= 0.6 is 0 Å². The van der Waals surface area contributed by atoms with Gasteiger partial charge in [0, 0.05) is 43.0 Å². The summed E-state index contributed by atoms with van der Waals surface area (Å²) in [4.78, 5) is 4.59. The van der Waals surface area contributed by atoms with Crippen molar-refractivity contribution in [1.29, 1.82) is 5.26 Å². The van der Waals surface area contributed by atoms with Crippen LogP contribution in [0.15, 0.2) is 54.4 Å². The van der Waals surface area contributed by atoms with Gasteiger partial charge in [0.2, 0.25) is 0 Å². The number of nitriles is 1. The molecule has 0 radical (unpaired) electrons. The molecule has 0 spiro atoms. The molecule has 3 aromatic rings. The summed E-state index contributed by atoms with van der Waals surface area (Å²) in [5.74, 6) is 1.51. The lowest BCUT2D eigenvalue weighted by molar-refractivity contribution is 0.417. The van der Waals surface area contributed by atoms with Crippen LogP contribution in [-0.2, 0) is 7.05 Å². The molecule has 0 aliphatic carbocycles. The van der Waals surface area contributed by atoms with Gasteiger partial charge in [-0.3, -0.25) is 4.68 Å². The van der Waals surface area contributed by atoms with Crippen molar-refractivity contribution in [3.8, 4) is 22.9 Å². The number of methoxy groups -OCH3 is 1. The maximum Gasteiger partial charge on any atom is 0.129 e. The van der Waals surface area contributed by atoms with Crippen molar-refractivity contribution >= 4 is 11.0 Å². The Kier molecular flexibility index (Phi) is 4.84. The summed E-state index contributed by atoms with van der Waals surface area (Å²) < 4.78 is 9.45. The summed E-state index contributed by atoms with van der Waals surface area (Å²) in [6.45, 7) is 1.87. The fourth-order valence-corrected chi connectivity index (χ4v) is 4.13. The number of rotatable bonds is 5. The lowest BCUT2D eigenvalue weighted by Crippen LogP contribution is -2.40. The minimum absolute atomic E-state index is 0.172. The highest BCUT2D eigenvalue weighted by Crippen LogP contribution is 2.34. The van der Waals surface area contributed by atoms with E-state index in [9.17, 15) is 5.26 Å². The lowest BCUT2D eigenvalue weighted by atomic mass is 10.1. The summed E-state index contributed by atoms with van der Waals surface area (Å²) in [5, 5.41) is 24.1. The molecule has 9 nitrogen and oxygen atoms in total. The number of benzene rings is 1. The zero-order valence-electron chi connectivity index (χ0n) is 17.5. The average molecular weight is 416 g/mol. The number of hydrogen-bond donors (Lipinski definition) is 3. The molecule has 158 valence electrons. The second-order valence-corrected chi connectivity index (χ2v) is 7.78. The molecule has 31 heavy (non-hydrogen) atoms. The quantitative estimate of drug-likeness (QED) is 0.582. The van der Waals surface area contributed by atoms with E-state index in [1.165, 1.54) is 0 Å². The zero-order chi connectivity index (χ0) is 21.4.